The topological polar surface area (TPSA) is 47.6 Å². The molecule has 0 bridgehead atoms. The van der Waals surface area contributed by atoms with Crippen LogP contribution in [0.25, 0.3) is 0 Å². The van der Waals surface area contributed by atoms with E-state index in [9.17, 15) is 0 Å². The minimum absolute atomic E-state index is 0.247. The number of ether oxygens (including phenoxy) is 1. The fourth-order valence-electron chi connectivity index (χ4n) is 2.37. The normalized spacial score (nSPS) is 32.1. The number of hydrogen-bond donors (Lipinski definition) is 1. The van der Waals surface area contributed by atoms with E-state index in [1.54, 1.807) is 0 Å². The average Bonchev–Trinajstić information content (AvgIpc) is 2.21. The minimum atomic E-state index is -0.272. The first-order valence-corrected chi connectivity index (χ1v) is 6.48. The lowest BCUT2D eigenvalue weighted by molar-refractivity contribution is -0.0203. The van der Waals surface area contributed by atoms with Gasteiger partial charge in [0.25, 0.3) is 0 Å². The van der Waals surface area contributed by atoms with Gasteiger partial charge in [0, 0.05) is 12.6 Å². The van der Waals surface area contributed by atoms with Gasteiger partial charge in [-0.2, -0.15) is 0 Å². The van der Waals surface area contributed by atoms with Crippen molar-refractivity contribution in [2.45, 2.75) is 65.0 Å². The molecule has 3 heteroatoms. The lowest BCUT2D eigenvalue weighted by Gasteiger charge is -2.38. The van der Waals surface area contributed by atoms with Gasteiger partial charge in [0.1, 0.15) is 11.4 Å². The summed E-state index contributed by atoms with van der Waals surface area (Å²) in [5.41, 5.74) is 5.87. The second-order valence-corrected chi connectivity index (χ2v) is 5.22. The molecule has 1 aliphatic rings. The average molecular weight is 226 g/mol. The lowest BCUT2D eigenvalue weighted by atomic mass is 9.78. The first kappa shape index (κ1) is 13.5. The van der Waals surface area contributed by atoms with Gasteiger partial charge in [-0.15, -0.1) is 0 Å². The van der Waals surface area contributed by atoms with Crippen LogP contribution in [0.5, 0.6) is 0 Å². The van der Waals surface area contributed by atoms with E-state index in [4.69, 9.17) is 10.5 Å². The Hall–Kier alpha value is -0.570. The van der Waals surface area contributed by atoms with Gasteiger partial charge in [-0.25, -0.2) is 0 Å². The van der Waals surface area contributed by atoms with Crippen LogP contribution in [0, 0.1) is 5.92 Å². The third-order valence-corrected chi connectivity index (χ3v) is 3.37. The minimum Gasteiger partial charge on any atom is -0.385 e. The molecule has 0 aromatic carbocycles. The van der Waals surface area contributed by atoms with E-state index < -0.39 is 0 Å². The standard InChI is InChI=1S/C13H26N2O/c1-5-16-13(12(14)15-10(2)3)8-6-11(4)7-9-13/h10-11H,5-9H2,1-4H3,(H2,14,15). The van der Waals surface area contributed by atoms with Crippen LogP contribution in [0.3, 0.4) is 0 Å². The number of nitrogens with zero attached hydrogens (tertiary/aromatic N) is 1. The highest BCUT2D eigenvalue weighted by Gasteiger charge is 2.38. The number of hydrogen-bond acceptors (Lipinski definition) is 2. The summed E-state index contributed by atoms with van der Waals surface area (Å²) < 4.78 is 5.93. The van der Waals surface area contributed by atoms with Gasteiger partial charge in [0.2, 0.25) is 0 Å². The van der Waals surface area contributed by atoms with Crippen molar-refractivity contribution < 1.29 is 4.74 Å². The Morgan fingerprint density at radius 1 is 1.44 bits per heavy atom. The smallest absolute Gasteiger partial charge is 0.127 e. The molecule has 0 aliphatic heterocycles. The van der Waals surface area contributed by atoms with Crippen molar-refractivity contribution in [3.63, 3.8) is 0 Å². The summed E-state index contributed by atoms with van der Waals surface area (Å²) in [4.78, 5) is 4.49. The molecule has 0 aromatic rings. The summed E-state index contributed by atoms with van der Waals surface area (Å²) in [6.07, 6.45) is 4.41. The highest BCUT2D eigenvalue weighted by molar-refractivity contribution is 5.89. The van der Waals surface area contributed by atoms with Gasteiger partial charge in [0.15, 0.2) is 0 Å². The molecule has 2 N–H and O–H groups in total. The Morgan fingerprint density at radius 2 is 2.00 bits per heavy atom. The fraction of sp³-hybridized carbons (Fsp3) is 0.923. The second-order valence-electron chi connectivity index (χ2n) is 5.22. The summed E-state index contributed by atoms with van der Waals surface area (Å²) in [5, 5.41) is 0. The first-order chi connectivity index (χ1) is 7.50. The molecule has 1 fully saturated rings. The maximum atomic E-state index is 6.14. The van der Waals surface area contributed by atoms with Crippen LogP contribution >= 0.6 is 0 Å². The lowest BCUT2D eigenvalue weighted by Crippen LogP contribution is -2.49. The van der Waals surface area contributed by atoms with Crippen LogP contribution in [0.15, 0.2) is 4.99 Å². The van der Waals surface area contributed by atoms with Gasteiger partial charge < -0.3 is 10.5 Å². The monoisotopic (exact) mass is 226 g/mol. The van der Waals surface area contributed by atoms with Crippen molar-refractivity contribution >= 4 is 5.84 Å². The van der Waals surface area contributed by atoms with Crippen LogP contribution in [0.4, 0.5) is 0 Å². The molecule has 0 unspecified atom stereocenters. The molecular formula is C13H26N2O. The zero-order valence-electron chi connectivity index (χ0n) is 11.1. The van der Waals surface area contributed by atoms with Crippen molar-refractivity contribution in [3.8, 4) is 0 Å². The van der Waals surface area contributed by atoms with E-state index in [0.29, 0.717) is 12.4 Å². The largest absolute Gasteiger partial charge is 0.385 e. The molecule has 0 heterocycles. The van der Waals surface area contributed by atoms with Crippen molar-refractivity contribution in [2.24, 2.45) is 16.6 Å². The van der Waals surface area contributed by atoms with E-state index in [1.807, 2.05) is 6.92 Å². The van der Waals surface area contributed by atoms with Gasteiger partial charge in [-0.05, 0) is 52.4 Å². The van der Waals surface area contributed by atoms with Gasteiger partial charge in [-0.1, -0.05) is 6.92 Å². The van der Waals surface area contributed by atoms with Gasteiger partial charge in [0.05, 0.1) is 0 Å². The molecular weight excluding hydrogens is 200 g/mol. The molecule has 0 radical (unpaired) electrons. The second kappa shape index (κ2) is 5.67. The summed E-state index contributed by atoms with van der Waals surface area (Å²) >= 11 is 0. The SMILES string of the molecule is CCOC1(C(N)=NC(C)C)CCC(C)CC1. The molecule has 1 rings (SSSR count). The molecule has 94 valence electrons. The van der Waals surface area contributed by atoms with Gasteiger partial charge >= 0.3 is 0 Å². The van der Waals surface area contributed by atoms with Crippen LogP contribution in [-0.4, -0.2) is 24.1 Å². The fourth-order valence-corrected chi connectivity index (χ4v) is 2.37. The summed E-state index contributed by atoms with van der Waals surface area (Å²) in [5.74, 6) is 1.50. The third-order valence-electron chi connectivity index (χ3n) is 3.37. The van der Waals surface area contributed by atoms with Crippen LogP contribution in [0.1, 0.15) is 53.4 Å². The Kier molecular flexibility index (Phi) is 4.78. The summed E-state index contributed by atoms with van der Waals surface area (Å²) in [7, 11) is 0. The molecule has 0 atom stereocenters. The van der Waals surface area contributed by atoms with E-state index in [-0.39, 0.29) is 11.6 Å². The Labute approximate surface area is 99.5 Å². The van der Waals surface area contributed by atoms with E-state index in [0.717, 1.165) is 18.8 Å². The number of aliphatic imine (C=N–C) groups is 1. The molecule has 1 aliphatic carbocycles. The quantitative estimate of drug-likeness (QED) is 0.592. The van der Waals surface area contributed by atoms with Crippen molar-refractivity contribution in [3.05, 3.63) is 0 Å². The molecule has 0 amide bonds. The maximum absolute atomic E-state index is 6.14. The van der Waals surface area contributed by atoms with Crippen molar-refractivity contribution in [1.29, 1.82) is 0 Å². The molecule has 0 spiro atoms. The Morgan fingerprint density at radius 3 is 2.44 bits per heavy atom. The van der Waals surface area contributed by atoms with Crippen LogP contribution in [0.2, 0.25) is 0 Å². The Balaban J connectivity index is 2.80. The first-order valence-electron chi connectivity index (χ1n) is 6.48. The van der Waals surface area contributed by atoms with Crippen LogP contribution in [-0.2, 0) is 4.74 Å². The highest BCUT2D eigenvalue weighted by atomic mass is 16.5. The van der Waals surface area contributed by atoms with Crippen LogP contribution < -0.4 is 5.73 Å². The van der Waals surface area contributed by atoms with E-state index in [1.165, 1.54) is 12.8 Å². The zero-order chi connectivity index (χ0) is 12.2. The Bertz CT molecular complexity index is 240. The van der Waals surface area contributed by atoms with Gasteiger partial charge in [-0.3, -0.25) is 4.99 Å². The molecule has 16 heavy (non-hydrogen) atoms. The molecule has 0 aromatic heterocycles. The highest BCUT2D eigenvalue weighted by Crippen LogP contribution is 2.35. The third kappa shape index (κ3) is 3.21. The molecule has 3 nitrogen and oxygen atoms in total. The zero-order valence-corrected chi connectivity index (χ0v) is 11.1. The predicted molar refractivity (Wildman–Crippen MR) is 68.7 cm³/mol. The maximum Gasteiger partial charge on any atom is 0.127 e. The van der Waals surface area contributed by atoms with E-state index in [2.05, 4.69) is 25.8 Å². The number of nitrogens with two attached hydrogens (primary N) is 1. The van der Waals surface area contributed by atoms with Crippen molar-refractivity contribution in [2.75, 3.05) is 6.61 Å². The number of rotatable bonds is 4. The predicted octanol–water partition coefficient (Wildman–Crippen LogP) is 2.74. The van der Waals surface area contributed by atoms with Crippen molar-refractivity contribution in [1.82, 2.24) is 0 Å². The number of amidine groups is 1. The summed E-state index contributed by atoms with van der Waals surface area (Å²) in [6, 6.07) is 0.247. The molecule has 0 saturated heterocycles. The molecule has 1 saturated carbocycles. The van der Waals surface area contributed by atoms with E-state index >= 15 is 0 Å². The summed E-state index contributed by atoms with van der Waals surface area (Å²) in [6.45, 7) is 9.15.